The molecule has 0 aromatic heterocycles. The predicted molar refractivity (Wildman–Crippen MR) is 90.3 cm³/mol. The highest BCUT2D eigenvalue weighted by molar-refractivity contribution is 6.04. The summed E-state index contributed by atoms with van der Waals surface area (Å²) in [6, 6.07) is 7.30. The molecule has 7 heteroatoms. The van der Waals surface area contributed by atoms with Crippen molar-refractivity contribution in [3.8, 4) is 0 Å². The molecule has 0 saturated heterocycles. The van der Waals surface area contributed by atoms with Crippen LogP contribution in [0.1, 0.15) is 51.9 Å². The molecule has 2 N–H and O–H groups in total. The lowest BCUT2D eigenvalue weighted by Gasteiger charge is -2.27. The number of rotatable bonds is 1. The minimum Gasteiger partial charge on any atom is -0.331 e. The summed E-state index contributed by atoms with van der Waals surface area (Å²) in [4.78, 5) is 41.8. The highest BCUT2D eigenvalue weighted by Crippen LogP contribution is 2.09. The van der Waals surface area contributed by atoms with E-state index in [4.69, 9.17) is 4.84 Å². The third-order valence-electron chi connectivity index (χ3n) is 2.52. The molecule has 0 aliphatic rings. The first-order valence-corrected chi connectivity index (χ1v) is 7.61. The minimum atomic E-state index is -0.893. The van der Waals surface area contributed by atoms with E-state index in [0.29, 0.717) is 5.06 Å². The van der Waals surface area contributed by atoms with Crippen LogP contribution < -0.4 is 10.6 Å². The van der Waals surface area contributed by atoms with E-state index < -0.39 is 29.1 Å². The summed E-state index contributed by atoms with van der Waals surface area (Å²) in [7, 11) is 0. The Labute approximate surface area is 142 Å². The third-order valence-corrected chi connectivity index (χ3v) is 2.52. The van der Waals surface area contributed by atoms with Gasteiger partial charge < -0.3 is 15.5 Å². The van der Waals surface area contributed by atoms with Gasteiger partial charge in [0.2, 0.25) is 0 Å². The number of nitrogens with one attached hydrogen (secondary N) is 2. The van der Waals surface area contributed by atoms with Crippen molar-refractivity contribution in [3.05, 3.63) is 35.9 Å². The van der Waals surface area contributed by atoms with Crippen molar-refractivity contribution >= 4 is 18.0 Å². The van der Waals surface area contributed by atoms with Gasteiger partial charge in [0, 0.05) is 16.6 Å². The first-order chi connectivity index (χ1) is 10.9. The Morgan fingerprint density at radius 3 is 1.83 bits per heavy atom. The standard InChI is InChI=1S/C17H25N3O4/c1-16(2,3)18-14(22)20(24-15(23)19-17(4,5)6)13(21)12-10-8-7-9-11-12/h7-11H,1-6H3,(H,18,22)(H,19,23). The van der Waals surface area contributed by atoms with Gasteiger partial charge in [-0.3, -0.25) is 4.79 Å². The Morgan fingerprint density at radius 2 is 1.38 bits per heavy atom. The number of benzene rings is 1. The first kappa shape index (κ1) is 19.5. The molecule has 0 aliphatic heterocycles. The van der Waals surface area contributed by atoms with Gasteiger partial charge in [-0.1, -0.05) is 23.3 Å². The number of nitrogens with zero attached hydrogens (tertiary/aromatic N) is 1. The number of imide groups is 1. The molecular weight excluding hydrogens is 310 g/mol. The summed E-state index contributed by atoms with van der Waals surface area (Å²) in [5, 5.41) is 5.57. The second-order valence-electron chi connectivity index (χ2n) is 7.40. The molecule has 132 valence electrons. The molecule has 1 aromatic rings. The van der Waals surface area contributed by atoms with Gasteiger partial charge in [-0.2, -0.15) is 0 Å². The Hall–Kier alpha value is -2.57. The average molecular weight is 335 g/mol. The van der Waals surface area contributed by atoms with Gasteiger partial charge in [0.25, 0.3) is 5.91 Å². The van der Waals surface area contributed by atoms with E-state index >= 15 is 0 Å². The Morgan fingerprint density at radius 1 is 0.875 bits per heavy atom. The van der Waals surface area contributed by atoms with Crippen LogP contribution >= 0.6 is 0 Å². The molecule has 1 aromatic carbocycles. The van der Waals surface area contributed by atoms with Crippen LogP contribution in [0.2, 0.25) is 0 Å². The molecule has 7 nitrogen and oxygen atoms in total. The minimum absolute atomic E-state index is 0.227. The van der Waals surface area contributed by atoms with E-state index in [1.54, 1.807) is 59.7 Å². The van der Waals surface area contributed by atoms with E-state index in [-0.39, 0.29) is 5.56 Å². The molecule has 0 aliphatic carbocycles. The van der Waals surface area contributed by atoms with E-state index in [9.17, 15) is 14.4 Å². The second-order valence-corrected chi connectivity index (χ2v) is 7.40. The number of hydrogen-bond donors (Lipinski definition) is 2. The first-order valence-electron chi connectivity index (χ1n) is 7.61. The van der Waals surface area contributed by atoms with Crippen LogP contribution in [0, 0.1) is 0 Å². The number of carbonyl (C=O) groups excluding carboxylic acids is 3. The Balaban J connectivity index is 3.01. The van der Waals surface area contributed by atoms with Crippen LogP contribution in [0.3, 0.4) is 0 Å². The fraction of sp³-hybridized carbons (Fsp3) is 0.471. The number of urea groups is 1. The number of carbonyl (C=O) groups is 3. The molecule has 0 bridgehead atoms. The lowest BCUT2D eigenvalue weighted by molar-refractivity contribution is -0.0411. The van der Waals surface area contributed by atoms with Gasteiger partial charge in [0.1, 0.15) is 0 Å². The Kier molecular flexibility index (Phi) is 5.95. The Bertz CT molecular complexity index is 601. The zero-order chi connectivity index (χ0) is 18.5. The van der Waals surface area contributed by atoms with Crippen molar-refractivity contribution in [2.45, 2.75) is 52.6 Å². The van der Waals surface area contributed by atoms with Crippen LogP contribution in [0.5, 0.6) is 0 Å². The summed E-state index contributed by atoms with van der Waals surface area (Å²) in [5.74, 6) is -0.735. The molecular formula is C17H25N3O4. The zero-order valence-corrected chi connectivity index (χ0v) is 15.0. The quantitative estimate of drug-likeness (QED) is 0.772. The number of amides is 4. The molecule has 0 spiro atoms. The number of hydroxylamine groups is 2. The molecule has 0 fully saturated rings. The maximum Gasteiger partial charge on any atom is 0.432 e. The van der Waals surface area contributed by atoms with Crippen molar-refractivity contribution in [1.29, 1.82) is 0 Å². The lowest BCUT2D eigenvalue weighted by Crippen LogP contribution is -2.53. The van der Waals surface area contributed by atoms with Gasteiger partial charge in [-0.05, 0) is 53.7 Å². The summed E-state index contributed by atoms with van der Waals surface area (Å²) in [6.45, 7) is 10.5. The van der Waals surface area contributed by atoms with Gasteiger partial charge >= 0.3 is 12.1 Å². The SMILES string of the molecule is CC(C)(C)NC(=O)ON(C(=O)NC(C)(C)C)C(=O)c1ccccc1. The smallest absolute Gasteiger partial charge is 0.331 e. The monoisotopic (exact) mass is 335 g/mol. The maximum absolute atomic E-state index is 12.5. The van der Waals surface area contributed by atoms with Gasteiger partial charge in [0.05, 0.1) is 0 Å². The van der Waals surface area contributed by atoms with E-state index in [1.807, 2.05) is 0 Å². The van der Waals surface area contributed by atoms with Crippen LogP contribution in [-0.4, -0.2) is 34.2 Å². The van der Waals surface area contributed by atoms with Crippen molar-refractivity contribution in [1.82, 2.24) is 15.7 Å². The molecule has 4 amide bonds. The van der Waals surface area contributed by atoms with Crippen LogP contribution in [0.25, 0.3) is 0 Å². The van der Waals surface area contributed by atoms with Gasteiger partial charge in [0.15, 0.2) is 0 Å². The third kappa shape index (κ3) is 6.68. The average Bonchev–Trinajstić information content (AvgIpc) is 2.41. The van der Waals surface area contributed by atoms with Crippen molar-refractivity contribution in [3.63, 3.8) is 0 Å². The van der Waals surface area contributed by atoms with E-state index in [0.717, 1.165) is 0 Å². The zero-order valence-electron chi connectivity index (χ0n) is 15.0. The molecule has 0 heterocycles. The molecule has 0 atom stereocenters. The van der Waals surface area contributed by atoms with Gasteiger partial charge in [-0.15, -0.1) is 0 Å². The van der Waals surface area contributed by atoms with Crippen LogP contribution in [-0.2, 0) is 4.84 Å². The molecule has 0 radical (unpaired) electrons. The van der Waals surface area contributed by atoms with Crippen LogP contribution in [0.4, 0.5) is 9.59 Å². The van der Waals surface area contributed by atoms with E-state index in [2.05, 4.69) is 10.6 Å². The molecule has 1 rings (SSSR count). The highest BCUT2D eigenvalue weighted by Gasteiger charge is 2.31. The van der Waals surface area contributed by atoms with E-state index in [1.165, 1.54) is 12.1 Å². The van der Waals surface area contributed by atoms with Crippen molar-refractivity contribution in [2.75, 3.05) is 0 Å². The van der Waals surface area contributed by atoms with Crippen molar-refractivity contribution < 1.29 is 19.2 Å². The summed E-state index contributed by atoms with van der Waals surface area (Å²) in [5.41, 5.74) is -0.944. The predicted octanol–water partition coefficient (Wildman–Crippen LogP) is 3.08. The number of hydrogen-bond acceptors (Lipinski definition) is 4. The summed E-state index contributed by atoms with van der Waals surface area (Å²) < 4.78 is 0. The van der Waals surface area contributed by atoms with Gasteiger partial charge in [-0.25, -0.2) is 9.59 Å². The second kappa shape index (κ2) is 7.33. The normalized spacial score (nSPS) is 11.4. The fourth-order valence-electron chi connectivity index (χ4n) is 1.66. The topological polar surface area (TPSA) is 87.7 Å². The highest BCUT2D eigenvalue weighted by atomic mass is 16.7. The molecule has 24 heavy (non-hydrogen) atoms. The summed E-state index contributed by atoms with van der Waals surface area (Å²) >= 11 is 0. The fourth-order valence-corrected chi connectivity index (χ4v) is 1.66. The molecule has 0 unspecified atom stereocenters. The van der Waals surface area contributed by atoms with Crippen LogP contribution in [0.15, 0.2) is 30.3 Å². The largest absolute Gasteiger partial charge is 0.432 e. The molecule has 0 saturated carbocycles. The van der Waals surface area contributed by atoms with Crippen molar-refractivity contribution in [2.24, 2.45) is 0 Å². The maximum atomic E-state index is 12.5. The lowest BCUT2D eigenvalue weighted by atomic mass is 10.1. The summed E-state index contributed by atoms with van der Waals surface area (Å²) in [6.07, 6.45) is -0.893.